The number of nitrogens with zero attached hydrogens (tertiary/aromatic N) is 2. The zero-order valence-electron chi connectivity index (χ0n) is 12.2. The zero-order valence-corrected chi connectivity index (χ0v) is 13.0. The van der Waals surface area contributed by atoms with E-state index in [2.05, 4.69) is 20.8 Å². The number of rotatable bonds is 4. The van der Waals surface area contributed by atoms with Crippen LogP contribution in [0.25, 0.3) is 0 Å². The van der Waals surface area contributed by atoms with E-state index in [1.165, 1.54) is 36.7 Å². The number of hydrogen-bond donors (Lipinski definition) is 3. The van der Waals surface area contributed by atoms with Crippen LogP contribution in [0.5, 0.6) is 0 Å². The smallest absolute Gasteiger partial charge is 0.318 e. The second-order valence-electron chi connectivity index (χ2n) is 4.51. The molecule has 9 nitrogen and oxygen atoms in total. The van der Waals surface area contributed by atoms with Gasteiger partial charge in [-0.05, 0) is 30.3 Å². The van der Waals surface area contributed by atoms with Crippen LogP contribution in [0.4, 0.5) is 5.69 Å². The molecule has 0 fully saturated rings. The molecule has 4 N–H and O–H groups in total. The first-order valence-electron chi connectivity index (χ1n) is 6.53. The molecule has 0 saturated heterocycles. The zero-order chi connectivity index (χ0) is 17.6. The van der Waals surface area contributed by atoms with Gasteiger partial charge in [0, 0.05) is 23.6 Å². The maximum atomic E-state index is 11.7. The number of hydrazone groups is 1. The highest BCUT2D eigenvalue weighted by Gasteiger charge is 2.13. The Balaban J connectivity index is 1.92. The number of nitrogens with one attached hydrogen (secondary N) is 2. The van der Waals surface area contributed by atoms with Crippen LogP contribution in [0, 0.1) is 0 Å². The molecule has 0 unspecified atom stereocenters. The SMILES string of the molecule is NS(=O)(=O)c1ccc(NC(=O)C(=O)NN=Cc2cccnc2)cc1. The molecule has 0 saturated carbocycles. The van der Waals surface area contributed by atoms with Crippen molar-refractivity contribution in [1.82, 2.24) is 10.4 Å². The van der Waals surface area contributed by atoms with Crippen molar-refractivity contribution in [2.75, 3.05) is 5.32 Å². The monoisotopic (exact) mass is 347 g/mol. The van der Waals surface area contributed by atoms with Gasteiger partial charge in [0.05, 0.1) is 11.1 Å². The molecule has 1 aromatic carbocycles. The number of pyridine rings is 1. The summed E-state index contributed by atoms with van der Waals surface area (Å²) in [4.78, 5) is 27.0. The Morgan fingerprint density at radius 2 is 1.83 bits per heavy atom. The van der Waals surface area contributed by atoms with Gasteiger partial charge in [0.25, 0.3) is 0 Å². The molecule has 0 aliphatic carbocycles. The number of hydrogen-bond acceptors (Lipinski definition) is 6. The Labute approximate surface area is 137 Å². The van der Waals surface area contributed by atoms with Crippen molar-refractivity contribution in [3.8, 4) is 0 Å². The third kappa shape index (κ3) is 4.97. The number of anilines is 1. The van der Waals surface area contributed by atoms with Gasteiger partial charge in [-0.3, -0.25) is 14.6 Å². The molecule has 0 atom stereocenters. The summed E-state index contributed by atoms with van der Waals surface area (Å²) in [6, 6.07) is 8.46. The van der Waals surface area contributed by atoms with Crippen LogP contribution in [0.3, 0.4) is 0 Å². The van der Waals surface area contributed by atoms with Gasteiger partial charge in [-0.15, -0.1) is 0 Å². The molecule has 10 heteroatoms. The minimum absolute atomic E-state index is 0.106. The van der Waals surface area contributed by atoms with Gasteiger partial charge in [-0.1, -0.05) is 6.07 Å². The predicted molar refractivity (Wildman–Crippen MR) is 86.4 cm³/mol. The molecule has 1 heterocycles. The summed E-state index contributed by atoms with van der Waals surface area (Å²) in [7, 11) is -3.82. The second-order valence-corrected chi connectivity index (χ2v) is 6.07. The highest BCUT2D eigenvalue weighted by Crippen LogP contribution is 2.12. The lowest BCUT2D eigenvalue weighted by molar-refractivity contribution is -0.136. The van der Waals surface area contributed by atoms with Crippen LogP contribution in [-0.2, 0) is 19.6 Å². The Hall–Kier alpha value is -3.11. The fourth-order valence-corrected chi connectivity index (χ4v) is 2.10. The van der Waals surface area contributed by atoms with Crippen LogP contribution < -0.4 is 15.9 Å². The fourth-order valence-electron chi connectivity index (χ4n) is 1.58. The first-order valence-corrected chi connectivity index (χ1v) is 8.08. The second kappa shape index (κ2) is 7.44. The molecule has 1 aromatic heterocycles. The molecule has 0 aliphatic rings. The number of benzene rings is 1. The average Bonchev–Trinajstić information content (AvgIpc) is 2.55. The van der Waals surface area contributed by atoms with Crippen LogP contribution in [0.2, 0.25) is 0 Å². The summed E-state index contributed by atoms with van der Waals surface area (Å²) in [5.41, 5.74) is 2.95. The van der Waals surface area contributed by atoms with Gasteiger partial charge in [0.2, 0.25) is 10.0 Å². The number of carbonyl (C=O) groups is 2. The summed E-state index contributed by atoms with van der Waals surface area (Å²) >= 11 is 0. The molecule has 2 aromatic rings. The molecule has 0 spiro atoms. The van der Waals surface area contributed by atoms with E-state index in [1.54, 1.807) is 18.3 Å². The van der Waals surface area contributed by atoms with Crippen molar-refractivity contribution in [2.45, 2.75) is 4.90 Å². The lowest BCUT2D eigenvalue weighted by atomic mass is 10.3. The van der Waals surface area contributed by atoms with Gasteiger partial charge in [-0.25, -0.2) is 19.0 Å². The number of carbonyl (C=O) groups excluding carboxylic acids is 2. The van der Waals surface area contributed by atoms with Crippen LogP contribution >= 0.6 is 0 Å². The van der Waals surface area contributed by atoms with Crippen LogP contribution in [-0.4, -0.2) is 31.4 Å². The lowest BCUT2D eigenvalue weighted by Gasteiger charge is -2.04. The van der Waals surface area contributed by atoms with Gasteiger partial charge >= 0.3 is 11.8 Å². The van der Waals surface area contributed by atoms with E-state index >= 15 is 0 Å². The van der Waals surface area contributed by atoms with E-state index in [4.69, 9.17) is 5.14 Å². The van der Waals surface area contributed by atoms with Crippen molar-refractivity contribution in [3.05, 3.63) is 54.4 Å². The van der Waals surface area contributed by atoms with Crippen molar-refractivity contribution in [2.24, 2.45) is 10.2 Å². The topological polar surface area (TPSA) is 144 Å². The molecule has 0 radical (unpaired) electrons. The molecular weight excluding hydrogens is 334 g/mol. The average molecular weight is 347 g/mol. The molecular formula is C14H13N5O4S. The van der Waals surface area contributed by atoms with E-state index < -0.39 is 21.8 Å². The molecule has 2 amide bonds. The van der Waals surface area contributed by atoms with E-state index in [0.717, 1.165) is 0 Å². The number of nitrogens with two attached hydrogens (primary N) is 1. The summed E-state index contributed by atoms with van der Waals surface area (Å²) in [5, 5.41) is 10.9. The van der Waals surface area contributed by atoms with Gasteiger partial charge in [0.1, 0.15) is 0 Å². The Bertz CT molecular complexity index is 864. The Morgan fingerprint density at radius 3 is 2.42 bits per heavy atom. The first kappa shape index (κ1) is 17.2. The van der Waals surface area contributed by atoms with Crippen LogP contribution in [0.15, 0.2) is 58.8 Å². The molecule has 24 heavy (non-hydrogen) atoms. The first-order chi connectivity index (χ1) is 11.4. The van der Waals surface area contributed by atoms with Crippen molar-refractivity contribution in [3.63, 3.8) is 0 Å². The number of aromatic nitrogens is 1. The van der Waals surface area contributed by atoms with E-state index in [0.29, 0.717) is 5.56 Å². The maximum Gasteiger partial charge on any atom is 0.329 e. The van der Waals surface area contributed by atoms with Crippen molar-refractivity contribution >= 4 is 33.7 Å². The van der Waals surface area contributed by atoms with E-state index in [1.807, 2.05) is 0 Å². The highest BCUT2D eigenvalue weighted by molar-refractivity contribution is 7.89. The third-order valence-electron chi connectivity index (χ3n) is 2.71. The summed E-state index contributed by atoms with van der Waals surface area (Å²) in [5.74, 6) is -1.94. The normalized spacial score (nSPS) is 11.2. The standard InChI is InChI=1S/C14H13N5O4S/c15-24(22,23)12-5-3-11(4-6-12)18-13(20)14(21)19-17-9-10-2-1-7-16-8-10/h1-9H,(H,18,20)(H,19,21)(H2,15,22,23). The number of primary sulfonamides is 1. The maximum absolute atomic E-state index is 11.7. The van der Waals surface area contributed by atoms with Gasteiger partial charge in [0.15, 0.2) is 0 Å². The fraction of sp³-hybridized carbons (Fsp3) is 0. The predicted octanol–water partition coefficient (Wildman–Crippen LogP) is -0.182. The van der Waals surface area contributed by atoms with Crippen LogP contribution in [0.1, 0.15) is 5.56 Å². The largest absolute Gasteiger partial charge is 0.329 e. The van der Waals surface area contributed by atoms with Gasteiger partial charge < -0.3 is 5.32 Å². The highest BCUT2D eigenvalue weighted by atomic mass is 32.2. The van der Waals surface area contributed by atoms with E-state index in [-0.39, 0.29) is 10.6 Å². The minimum Gasteiger partial charge on any atom is -0.318 e. The Morgan fingerprint density at radius 1 is 1.12 bits per heavy atom. The van der Waals surface area contributed by atoms with Crippen molar-refractivity contribution in [1.29, 1.82) is 0 Å². The minimum atomic E-state index is -3.82. The Kier molecular flexibility index (Phi) is 5.35. The summed E-state index contributed by atoms with van der Waals surface area (Å²) in [6.45, 7) is 0. The molecule has 2 rings (SSSR count). The quantitative estimate of drug-likeness (QED) is 0.399. The van der Waals surface area contributed by atoms with E-state index in [9.17, 15) is 18.0 Å². The number of amides is 2. The van der Waals surface area contributed by atoms with Gasteiger partial charge in [-0.2, -0.15) is 5.10 Å². The molecule has 124 valence electrons. The lowest BCUT2D eigenvalue weighted by Crippen LogP contribution is -2.32. The third-order valence-corrected chi connectivity index (χ3v) is 3.64. The summed E-state index contributed by atoms with van der Waals surface area (Å²) in [6.07, 6.45) is 4.45. The molecule has 0 bridgehead atoms. The number of sulfonamides is 1. The van der Waals surface area contributed by atoms with Crippen molar-refractivity contribution < 1.29 is 18.0 Å². The summed E-state index contributed by atoms with van der Waals surface area (Å²) < 4.78 is 22.2. The molecule has 0 aliphatic heterocycles.